The third-order valence-electron chi connectivity index (χ3n) is 5.66. The monoisotopic (exact) mass is 442 g/mol. The number of alkyl halides is 2. The minimum Gasteiger partial charge on any atom is -0.489 e. The number of ether oxygens (including phenoxy) is 1. The molecule has 0 radical (unpaired) electrons. The van der Waals surface area contributed by atoms with E-state index in [0.717, 1.165) is 6.08 Å². The van der Waals surface area contributed by atoms with E-state index in [4.69, 9.17) is 10.00 Å². The zero-order chi connectivity index (χ0) is 23.5. The molecule has 0 spiro atoms. The van der Waals surface area contributed by atoms with Gasteiger partial charge in [0.25, 0.3) is 0 Å². The van der Waals surface area contributed by atoms with Crippen molar-refractivity contribution in [3.8, 4) is 12.1 Å². The summed E-state index contributed by atoms with van der Waals surface area (Å²) < 4.78 is 39.0. The lowest BCUT2D eigenvalue weighted by Gasteiger charge is -2.29. The largest absolute Gasteiger partial charge is 0.489 e. The molecule has 0 amide bonds. The highest BCUT2D eigenvalue weighted by molar-refractivity contribution is 5.73. The average molecular weight is 442 g/mol. The molecule has 0 bridgehead atoms. The standard InChI is InChI=1S/C26H20F2N4O/c1-32-18-31-15-24(32)26(28,21-9-7-19(14-29)8-10-21)17-33-23-11-12-25(27,16-30)13-22(23)20-5-3-2-4-6-20/h2-12,15,18H,13,17H2,1H3. The molecular formula is C26H20F2N4O. The van der Waals surface area contributed by atoms with Gasteiger partial charge in [0.05, 0.1) is 29.9 Å². The first-order valence-electron chi connectivity index (χ1n) is 10.3. The molecule has 33 heavy (non-hydrogen) atoms. The number of aromatic nitrogens is 2. The molecule has 164 valence electrons. The minimum absolute atomic E-state index is 0.207. The van der Waals surface area contributed by atoms with Crippen LogP contribution in [0.5, 0.6) is 0 Å². The molecule has 4 rings (SSSR count). The van der Waals surface area contributed by atoms with Crippen molar-refractivity contribution < 1.29 is 13.5 Å². The van der Waals surface area contributed by atoms with Crippen molar-refractivity contribution in [2.24, 2.45) is 7.05 Å². The topological polar surface area (TPSA) is 74.6 Å². The first-order chi connectivity index (χ1) is 15.9. The van der Waals surface area contributed by atoms with Crippen molar-refractivity contribution in [2.75, 3.05) is 6.61 Å². The molecule has 0 saturated carbocycles. The number of hydrogen-bond acceptors (Lipinski definition) is 4. The SMILES string of the molecule is Cn1cncc1C(F)(COC1=C(c2ccccc2)CC(F)(C#N)C=C1)c1ccc(C#N)cc1. The zero-order valence-corrected chi connectivity index (χ0v) is 17.9. The highest BCUT2D eigenvalue weighted by Crippen LogP contribution is 2.39. The molecular weight excluding hydrogens is 422 g/mol. The predicted molar refractivity (Wildman–Crippen MR) is 119 cm³/mol. The number of rotatable bonds is 6. The van der Waals surface area contributed by atoms with E-state index < -0.39 is 17.9 Å². The third-order valence-corrected chi connectivity index (χ3v) is 5.66. The molecule has 7 heteroatoms. The number of hydrogen-bond donors (Lipinski definition) is 0. The number of nitriles is 2. The van der Waals surface area contributed by atoms with Gasteiger partial charge in [-0.25, -0.2) is 13.8 Å². The molecule has 2 atom stereocenters. The van der Waals surface area contributed by atoms with Gasteiger partial charge in [0.1, 0.15) is 18.4 Å². The van der Waals surface area contributed by atoms with E-state index in [1.807, 2.05) is 12.1 Å². The van der Waals surface area contributed by atoms with Crippen LogP contribution < -0.4 is 0 Å². The van der Waals surface area contributed by atoms with Crippen LogP contribution in [0.15, 0.2) is 85.0 Å². The van der Waals surface area contributed by atoms with Gasteiger partial charge in [-0.1, -0.05) is 42.5 Å². The van der Waals surface area contributed by atoms with E-state index in [0.29, 0.717) is 28.0 Å². The first kappa shape index (κ1) is 22.0. The van der Waals surface area contributed by atoms with Gasteiger partial charge in [-0.15, -0.1) is 0 Å². The van der Waals surface area contributed by atoms with Gasteiger partial charge >= 0.3 is 0 Å². The van der Waals surface area contributed by atoms with Gasteiger partial charge in [0.15, 0.2) is 0 Å². The Kier molecular flexibility index (Phi) is 5.81. The lowest BCUT2D eigenvalue weighted by atomic mass is 9.87. The van der Waals surface area contributed by atoms with Gasteiger partial charge in [-0.05, 0) is 35.4 Å². The fraction of sp³-hybridized carbons (Fsp3) is 0.192. The van der Waals surface area contributed by atoms with Crippen LogP contribution in [0.1, 0.15) is 28.8 Å². The molecule has 0 fully saturated rings. The Labute approximate surface area is 190 Å². The van der Waals surface area contributed by atoms with Crippen molar-refractivity contribution in [3.63, 3.8) is 0 Å². The van der Waals surface area contributed by atoms with E-state index in [-0.39, 0.29) is 12.1 Å². The number of imidazole rings is 1. The summed E-state index contributed by atoms with van der Waals surface area (Å²) in [6.07, 6.45) is 5.24. The fourth-order valence-electron chi connectivity index (χ4n) is 3.84. The van der Waals surface area contributed by atoms with E-state index in [2.05, 4.69) is 4.98 Å². The van der Waals surface area contributed by atoms with E-state index in [1.54, 1.807) is 66.2 Å². The van der Waals surface area contributed by atoms with Gasteiger partial charge in [-0.3, -0.25) is 0 Å². The molecule has 1 heterocycles. The van der Waals surface area contributed by atoms with Crippen LogP contribution in [0.3, 0.4) is 0 Å². The van der Waals surface area contributed by atoms with Crippen LogP contribution in [0.4, 0.5) is 8.78 Å². The molecule has 5 nitrogen and oxygen atoms in total. The Morgan fingerprint density at radius 1 is 1.15 bits per heavy atom. The van der Waals surface area contributed by atoms with Crippen molar-refractivity contribution in [2.45, 2.75) is 17.8 Å². The summed E-state index contributed by atoms with van der Waals surface area (Å²) in [5, 5.41) is 18.4. The van der Waals surface area contributed by atoms with Crippen LogP contribution in [0.2, 0.25) is 0 Å². The Balaban J connectivity index is 1.74. The maximum absolute atomic E-state index is 16.6. The van der Waals surface area contributed by atoms with Crippen molar-refractivity contribution >= 4 is 5.57 Å². The second-order valence-corrected chi connectivity index (χ2v) is 7.86. The number of allylic oxidation sites excluding steroid dienone is 3. The third kappa shape index (κ3) is 4.26. The molecule has 1 aliphatic carbocycles. The van der Waals surface area contributed by atoms with Gasteiger partial charge < -0.3 is 9.30 Å². The summed E-state index contributed by atoms with van der Waals surface area (Å²) in [5.74, 6) is 0.294. The molecule has 3 aromatic rings. The average Bonchev–Trinajstić information content (AvgIpc) is 3.30. The summed E-state index contributed by atoms with van der Waals surface area (Å²) in [4.78, 5) is 4.04. The fourth-order valence-corrected chi connectivity index (χ4v) is 3.84. The number of halogens is 2. The van der Waals surface area contributed by atoms with Crippen LogP contribution in [0.25, 0.3) is 5.57 Å². The predicted octanol–water partition coefficient (Wildman–Crippen LogP) is 5.12. The van der Waals surface area contributed by atoms with Gasteiger partial charge in [0, 0.05) is 19.0 Å². The highest BCUT2D eigenvalue weighted by Gasteiger charge is 2.40. The second kappa shape index (κ2) is 8.72. The Morgan fingerprint density at radius 2 is 1.88 bits per heavy atom. The summed E-state index contributed by atoms with van der Waals surface area (Å²) in [6.45, 7) is -0.416. The highest BCUT2D eigenvalue weighted by atomic mass is 19.1. The van der Waals surface area contributed by atoms with Crippen molar-refractivity contribution in [1.82, 2.24) is 9.55 Å². The summed E-state index contributed by atoms with van der Waals surface area (Å²) >= 11 is 0. The van der Waals surface area contributed by atoms with Crippen molar-refractivity contribution in [3.05, 3.63) is 107 Å². The molecule has 0 N–H and O–H groups in total. The Morgan fingerprint density at radius 3 is 2.48 bits per heavy atom. The number of nitrogens with zero attached hydrogens (tertiary/aromatic N) is 4. The van der Waals surface area contributed by atoms with E-state index in [1.165, 1.54) is 18.6 Å². The number of aryl methyl sites for hydroxylation is 1. The van der Waals surface area contributed by atoms with Crippen LogP contribution in [0, 0.1) is 22.7 Å². The van der Waals surface area contributed by atoms with Crippen LogP contribution in [-0.4, -0.2) is 21.8 Å². The molecule has 2 aromatic carbocycles. The molecule has 0 saturated heterocycles. The molecule has 1 aromatic heterocycles. The summed E-state index contributed by atoms with van der Waals surface area (Å²) in [6, 6.07) is 18.9. The maximum Gasteiger partial charge on any atom is 0.218 e. The summed E-state index contributed by atoms with van der Waals surface area (Å²) in [7, 11) is 1.68. The molecule has 1 aliphatic rings. The lowest BCUT2D eigenvalue weighted by molar-refractivity contribution is 0.0756. The minimum atomic E-state index is -2.17. The first-order valence-corrected chi connectivity index (χ1v) is 10.3. The molecule has 2 unspecified atom stereocenters. The van der Waals surface area contributed by atoms with Crippen molar-refractivity contribution in [1.29, 1.82) is 10.5 Å². The zero-order valence-electron chi connectivity index (χ0n) is 17.9. The quantitative estimate of drug-likeness (QED) is 0.531. The van der Waals surface area contributed by atoms with E-state index in [9.17, 15) is 9.65 Å². The Hall–Kier alpha value is -4.23. The smallest absolute Gasteiger partial charge is 0.218 e. The van der Waals surface area contributed by atoms with E-state index >= 15 is 4.39 Å². The molecule has 0 aliphatic heterocycles. The van der Waals surface area contributed by atoms with Crippen LogP contribution in [-0.2, 0) is 17.5 Å². The lowest BCUT2D eigenvalue weighted by Crippen LogP contribution is -2.31. The van der Waals surface area contributed by atoms with Gasteiger partial charge in [-0.2, -0.15) is 10.5 Å². The maximum atomic E-state index is 16.6. The normalized spacial score (nSPS) is 19.4. The van der Waals surface area contributed by atoms with Crippen LogP contribution >= 0.6 is 0 Å². The number of benzene rings is 2. The van der Waals surface area contributed by atoms with Gasteiger partial charge in [0.2, 0.25) is 11.3 Å². The second-order valence-electron chi connectivity index (χ2n) is 7.86. The summed E-state index contributed by atoms with van der Waals surface area (Å²) in [5.41, 5.74) is -2.12. The Bertz CT molecular complexity index is 1300.